The number of anilines is 1. The third-order valence-corrected chi connectivity index (χ3v) is 3.95. The van der Waals surface area contributed by atoms with Crippen molar-refractivity contribution in [3.05, 3.63) is 18.0 Å². The Labute approximate surface area is 158 Å². The maximum Gasteiger partial charge on any atom is 0.419 e. The first kappa shape index (κ1) is 21.5. The van der Waals surface area contributed by atoms with E-state index in [1.54, 1.807) is 11.8 Å². The first-order valence-corrected chi connectivity index (χ1v) is 8.47. The molecule has 1 aromatic rings. The van der Waals surface area contributed by atoms with Crippen LogP contribution in [-0.4, -0.2) is 59.0 Å². The Morgan fingerprint density at radius 1 is 1.32 bits per heavy atom. The van der Waals surface area contributed by atoms with E-state index < -0.39 is 29.9 Å². The quantitative estimate of drug-likeness (QED) is 0.525. The number of carbonyl (C=O) groups is 2. The maximum absolute atomic E-state index is 12.5. The van der Waals surface area contributed by atoms with Gasteiger partial charge in [-0.05, 0) is 19.8 Å². The number of carbonyl (C=O) groups excluding carboxylic acids is 1. The third kappa shape index (κ3) is 6.72. The molecule has 156 valence electrons. The number of rotatable bonds is 6. The second kappa shape index (κ2) is 9.39. The van der Waals surface area contributed by atoms with Crippen molar-refractivity contribution in [3.63, 3.8) is 0 Å². The number of amides is 3. The largest absolute Gasteiger partial charge is 0.465 e. The monoisotopic (exact) mass is 406 g/mol. The summed E-state index contributed by atoms with van der Waals surface area (Å²) in [6.07, 6.45) is -3.07. The van der Waals surface area contributed by atoms with Gasteiger partial charge in [0.2, 0.25) is 5.95 Å². The summed E-state index contributed by atoms with van der Waals surface area (Å²) in [5.74, 6) is 0.208. The van der Waals surface area contributed by atoms with Gasteiger partial charge in [-0.2, -0.15) is 13.2 Å². The standard InChI is InChI=1S/C15H21F3N6O4/c1-9(21-14(26)27)8-28-23-13(25)22-11-2-4-24(5-3-11)12-19-6-10(7-20-12)15(16,17)18/h6-7,9,11,21H,2-5,8H2,1H3,(H,26,27)(H2,22,23,25). The number of hydroxylamine groups is 1. The van der Waals surface area contributed by atoms with Crippen LogP contribution in [0.4, 0.5) is 28.7 Å². The van der Waals surface area contributed by atoms with Gasteiger partial charge in [-0.25, -0.2) is 25.0 Å². The second-order valence-electron chi connectivity index (χ2n) is 6.27. The number of nitrogens with zero attached hydrogens (tertiary/aromatic N) is 3. The predicted octanol–water partition coefficient (Wildman–Crippen LogP) is 1.35. The summed E-state index contributed by atoms with van der Waals surface area (Å²) >= 11 is 0. The molecular weight excluding hydrogens is 385 g/mol. The molecule has 1 aliphatic heterocycles. The number of hydrogen-bond donors (Lipinski definition) is 4. The highest BCUT2D eigenvalue weighted by Gasteiger charge is 2.32. The number of nitrogens with one attached hydrogen (secondary N) is 3. The lowest BCUT2D eigenvalue weighted by atomic mass is 10.1. The van der Waals surface area contributed by atoms with Crippen LogP contribution in [0.5, 0.6) is 0 Å². The number of carboxylic acid groups (broad SMARTS) is 1. The van der Waals surface area contributed by atoms with Crippen molar-refractivity contribution in [1.29, 1.82) is 0 Å². The van der Waals surface area contributed by atoms with Gasteiger partial charge in [-0.15, -0.1) is 0 Å². The van der Waals surface area contributed by atoms with E-state index in [4.69, 9.17) is 9.94 Å². The fourth-order valence-corrected chi connectivity index (χ4v) is 2.55. The molecule has 1 aliphatic rings. The van der Waals surface area contributed by atoms with Crippen LogP contribution in [0.3, 0.4) is 0 Å². The summed E-state index contributed by atoms with van der Waals surface area (Å²) < 4.78 is 37.6. The van der Waals surface area contributed by atoms with Crippen LogP contribution in [0.2, 0.25) is 0 Å². The molecule has 28 heavy (non-hydrogen) atoms. The molecule has 3 amide bonds. The van der Waals surface area contributed by atoms with E-state index in [0.29, 0.717) is 25.9 Å². The van der Waals surface area contributed by atoms with Crippen molar-refractivity contribution in [3.8, 4) is 0 Å². The van der Waals surface area contributed by atoms with E-state index in [9.17, 15) is 22.8 Å². The number of alkyl halides is 3. The fraction of sp³-hybridized carbons (Fsp3) is 0.600. The predicted molar refractivity (Wildman–Crippen MR) is 90.5 cm³/mol. The second-order valence-corrected chi connectivity index (χ2v) is 6.27. The molecule has 1 fully saturated rings. The summed E-state index contributed by atoms with van der Waals surface area (Å²) in [6.45, 7) is 2.48. The van der Waals surface area contributed by atoms with Gasteiger partial charge in [0.05, 0.1) is 18.2 Å². The summed E-state index contributed by atoms with van der Waals surface area (Å²) in [5.41, 5.74) is 1.26. The van der Waals surface area contributed by atoms with E-state index in [-0.39, 0.29) is 18.6 Å². The minimum Gasteiger partial charge on any atom is -0.465 e. The molecule has 0 aliphatic carbocycles. The molecular formula is C15H21F3N6O4. The zero-order valence-corrected chi connectivity index (χ0v) is 15.0. The summed E-state index contributed by atoms with van der Waals surface area (Å²) in [5, 5.41) is 13.4. The Kier molecular flexibility index (Phi) is 7.20. The van der Waals surface area contributed by atoms with Crippen LogP contribution in [0, 0.1) is 0 Å². The molecule has 1 atom stereocenters. The molecule has 1 unspecified atom stereocenters. The Bertz CT molecular complexity index is 665. The lowest BCUT2D eigenvalue weighted by Crippen LogP contribution is -2.48. The minimum absolute atomic E-state index is 0.0383. The van der Waals surface area contributed by atoms with Crippen molar-refractivity contribution in [2.24, 2.45) is 0 Å². The van der Waals surface area contributed by atoms with E-state index in [2.05, 4.69) is 26.1 Å². The van der Waals surface area contributed by atoms with Crippen molar-refractivity contribution >= 4 is 18.1 Å². The molecule has 1 aromatic heterocycles. The third-order valence-electron chi connectivity index (χ3n) is 3.95. The molecule has 0 aromatic carbocycles. The summed E-state index contributed by atoms with van der Waals surface area (Å²) in [7, 11) is 0. The topological polar surface area (TPSA) is 129 Å². The van der Waals surface area contributed by atoms with E-state index in [1.807, 2.05) is 0 Å². The summed E-state index contributed by atoms with van der Waals surface area (Å²) in [4.78, 5) is 36.4. The molecule has 0 radical (unpaired) electrons. The van der Waals surface area contributed by atoms with Crippen LogP contribution in [0.25, 0.3) is 0 Å². The van der Waals surface area contributed by atoms with Crippen molar-refractivity contribution in [1.82, 2.24) is 26.1 Å². The van der Waals surface area contributed by atoms with Crippen LogP contribution >= 0.6 is 0 Å². The van der Waals surface area contributed by atoms with Crippen LogP contribution in [0.1, 0.15) is 25.3 Å². The number of urea groups is 1. The molecule has 1 saturated heterocycles. The molecule has 0 bridgehead atoms. The van der Waals surface area contributed by atoms with Gasteiger partial charge in [-0.1, -0.05) is 0 Å². The molecule has 0 saturated carbocycles. The Hall–Kier alpha value is -2.83. The average Bonchev–Trinajstić information content (AvgIpc) is 2.61. The molecule has 0 spiro atoms. The number of piperidine rings is 1. The highest BCUT2D eigenvalue weighted by molar-refractivity contribution is 5.73. The highest BCUT2D eigenvalue weighted by atomic mass is 19.4. The van der Waals surface area contributed by atoms with Crippen LogP contribution in [0.15, 0.2) is 12.4 Å². The molecule has 13 heteroatoms. The number of aromatic nitrogens is 2. The normalized spacial score (nSPS) is 16.4. The van der Waals surface area contributed by atoms with E-state index in [1.165, 1.54) is 0 Å². The van der Waals surface area contributed by atoms with Gasteiger partial charge in [0.15, 0.2) is 0 Å². The molecule has 2 heterocycles. The zero-order valence-electron chi connectivity index (χ0n) is 15.0. The molecule has 4 N–H and O–H groups in total. The molecule has 2 rings (SSSR count). The van der Waals surface area contributed by atoms with Crippen LogP contribution in [-0.2, 0) is 11.0 Å². The fourth-order valence-electron chi connectivity index (χ4n) is 2.55. The van der Waals surface area contributed by atoms with Gasteiger partial charge in [0.25, 0.3) is 0 Å². The van der Waals surface area contributed by atoms with E-state index in [0.717, 1.165) is 12.4 Å². The van der Waals surface area contributed by atoms with Gasteiger partial charge in [0.1, 0.15) is 0 Å². The first-order valence-electron chi connectivity index (χ1n) is 8.47. The smallest absolute Gasteiger partial charge is 0.419 e. The average molecular weight is 406 g/mol. The minimum atomic E-state index is -4.48. The lowest BCUT2D eigenvalue weighted by Gasteiger charge is -2.32. The number of halogens is 3. The zero-order chi connectivity index (χ0) is 20.7. The Morgan fingerprint density at radius 2 is 1.93 bits per heavy atom. The van der Waals surface area contributed by atoms with Crippen molar-refractivity contribution in [2.75, 3.05) is 24.6 Å². The van der Waals surface area contributed by atoms with Crippen molar-refractivity contribution in [2.45, 2.75) is 38.0 Å². The summed E-state index contributed by atoms with van der Waals surface area (Å²) in [6, 6.07) is -1.21. The van der Waals surface area contributed by atoms with Crippen LogP contribution < -0.4 is 21.0 Å². The molecule has 10 nitrogen and oxygen atoms in total. The van der Waals surface area contributed by atoms with E-state index >= 15 is 0 Å². The van der Waals surface area contributed by atoms with Gasteiger partial charge >= 0.3 is 18.3 Å². The first-order chi connectivity index (χ1) is 13.1. The maximum atomic E-state index is 12.5. The van der Waals surface area contributed by atoms with Crippen molar-refractivity contribution < 1.29 is 32.7 Å². The highest BCUT2D eigenvalue weighted by Crippen LogP contribution is 2.28. The SMILES string of the molecule is CC(CONC(=O)NC1CCN(c2ncc(C(F)(F)F)cn2)CC1)NC(=O)O. The lowest BCUT2D eigenvalue weighted by molar-refractivity contribution is -0.138. The van der Waals surface area contributed by atoms with Gasteiger partial charge < -0.3 is 20.6 Å². The van der Waals surface area contributed by atoms with Gasteiger partial charge in [-0.3, -0.25) is 4.84 Å². The number of hydrogen-bond acceptors (Lipinski definition) is 6. The Balaban J connectivity index is 1.70. The Morgan fingerprint density at radius 3 is 2.46 bits per heavy atom. The van der Waals surface area contributed by atoms with Gasteiger partial charge in [0, 0.05) is 31.5 Å².